The molecule has 0 aromatic carbocycles. The van der Waals surface area contributed by atoms with Crippen LogP contribution >= 0.6 is 0 Å². The van der Waals surface area contributed by atoms with Crippen LogP contribution in [-0.2, 0) is 28.6 Å². The molecular formula is C76H142O6. The standard InChI is InChI=1S/C76H142O6/c1-4-7-10-13-16-19-22-25-27-29-31-33-35-36-37-38-39-40-42-43-45-47-49-51-54-57-60-63-66-69-75(78)81-72-73(71-80-74(77)68-65-62-59-56-53-24-21-18-15-12-9-6-3)82-76(79)70-67-64-61-58-55-52-50-48-46-44-41-34-32-30-28-26-23-20-17-14-11-8-5-2/h18,21-22,25,29,31,73H,4-17,19-20,23-24,26-28,30,32-72H2,1-3H3/b21-18-,25-22-,31-29-. The molecule has 1 unspecified atom stereocenters. The van der Waals surface area contributed by atoms with Gasteiger partial charge in [0.15, 0.2) is 6.10 Å². The second-order valence-corrected chi connectivity index (χ2v) is 25.2. The smallest absolute Gasteiger partial charge is 0.306 e. The van der Waals surface area contributed by atoms with Crippen LogP contribution in [0.2, 0.25) is 0 Å². The van der Waals surface area contributed by atoms with Crippen LogP contribution in [0.4, 0.5) is 0 Å². The van der Waals surface area contributed by atoms with E-state index in [9.17, 15) is 14.4 Å². The maximum Gasteiger partial charge on any atom is 0.306 e. The largest absolute Gasteiger partial charge is 0.462 e. The second kappa shape index (κ2) is 71.1. The summed E-state index contributed by atoms with van der Waals surface area (Å²) in [6.07, 6.45) is 89.1. The summed E-state index contributed by atoms with van der Waals surface area (Å²) in [5.74, 6) is -0.847. The SMILES string of the molecule is CCCCC/C=C\CCCCCCCC(=O)OCC(COC(=O)CCCCCCCCCCCCCCCCCCC/C=C\C/C=C\CCCCCCC)OC(=O)CCCCCCCCCCCCCCCCCCCCCCCCC. The van der Waals surface area contributed by atoms with Crippen molar-refractivity contribution in [2.75, 3.05) is 13.2 Å². The molecule has 0 aliphatic rings. The van der Waals surface area contributed by atoms with Crippen LogP contribution in [0.3, 0.4) is 0 Å². The second-order valence-electron chi connectivity index (χ2n) is 25.2. The number of hydrogen-bond donors (Lipinski definition) is 0. The number of unbranched alkanes of at least 4 members (excludes halogenated alkanes) is 52. The number of ether oxygens (including phenoxy) is 3. The maximum atomic E-state index is 13.0. The lowest BCUT2D eigenvalue weighted by atomic mass is 10.0. The zero-order valence-electron chi connectivity index (χ0n) is 55.5. The third kappa shape index (κ3) is 68.4. The lowest BCUT2D eigenvalue weighted by Crippen LogP contribution is -2.30. The number of rotatable bonds is 69. The lowest BCUT2D eigenvalue weighted by Gasteiger charge is -2.18. The van der Waals surface area contributed by atoms with Crippen LogP contribution in [-0.4, -0.2) is 37.2 Å². The van der Waals surface area contributed by atoms with Crippen molar-refractivity contribution in [2.24, 2.45) is 0 Å². The predicted molar refractivity (Wildman–Crippen MR) is 358 cm³/mol. The van der Waals surface area contributed by atoms with E-state index in [0.29, 0.717) is 19.3 Å². The molecule has 0 amide bonds. The molecule has 0 aromatic rings. The summed E-state index contributed by atoms with van der Waals surface area (Å²) in [6.45, 7) is 6.68. The average molecular weight is 1150 g/mol. The third-order valence-corrected chi connectivity index (χ3v) is 16.9. The van der Waals surface area contributed by atoms with Gasteiger partial charge in [-0.3, -0.25) is 14.4 Å². The molecule has 0 N–H and O–H groups in total. The van der Waals surface area contributed by atoms with Crippen molar-refractivity contribution >= 4 is 17.9 Å². The molecule has 6 nitrogen and oxygen atoms in total. The highest BCUT2D eigenvalue weighted by atomic mass is 16.6. The minimum atomic E-state index is -0.773. The molecule has 0 aromatic heterocycles. The molecule has 0 spiro atoms. The van der Waals surface area contributed by atoms with E-state index >= 15 is 0 Å². The molecule has 82 heavy (non-hydrogen) atoms. The molecule has 0 aliphatic carbocycles. The summed E-state index contributed by atoms with van der Waals surface area (Å²) in [6, 6.07) is 0. The highest BCUT2D eigenvalue weighted by Gasteiger charge is 2.19. The Kier molecular flexibility index (Phi) is 69.1. The van der Waals surface area contributed by atoms with Crippen molar-refractivity contribution in [1.29, 1.82) is 0 Å². The first kappa shape index (κ1) is 79.6. The van der Waals surface area contributed by atoms with Gasteiger partial charge < -0.3 is 14.2 Å². The van der Waals surface area contributed by atoms with Crippen molar-refractivity contribution in [3.05, 3.63) is 36.5 Å². The van der Waals surface area contributed by atoms with Crippen molar-refractivity contribution in [3.8, 4) is 0 Å². The summed E-state index contributed by atoms with van der Waals surface area (Å²) >= 11 is 0. The topological polar surface area (TPSA) is 78.9 Å². The van der Waals surface area contributed by atoms with Gasteiger partial charge in [-0.2, -0.15) is 0 Å². The molecule has 482 valence electrons. The number of allylic oxidation sites excluding steroid dienone is 6. The first-order chi connectivity index (χ1) is 40.5. The zero-order chi connectivity index (χ0) is 59.2. The summed E-state index contributed by atoms with van der Waals surface area (Å²) in [5.41, 5.74) is 0. The molecule has 0 bridgehead atoms. The fourth-order valence-electron chi connectivity index (χ4n) is 11.3. The van der Waals surface area contributed by atoms with Crippen LogP contribution in [0, 0.1) is 0 Å². The fourth-order valence-corrected chi connectivity index (χ4v) is 11.3. The quantitative estimate of drug-likeness (QED) is 0.0261. The molecule has 0 rings (SSSR count). The van der Waals surface area contributed by atoms with E-state index in [-0.39, 0.29) is 31.1 Å². The van der Waals surface area contributed by atoms with Crippen LogP contribution in [0.25, 0.3) is 0 Å². The van der Waals surface area contributed by atoms with Gasteiger partial charge in [0.25, 0.3) is 0 Å². The highest BCUT2D eigenvalue weighted by molar-refractivity contribution is 5.71. The normalized spacial score (nSPS) is 12.2. The predicted octanol–water partition coefficient (Wildman–Crippen LogP) is 25.5. The monoisotopic (exact) mass is 1150 g/mol. The van der Waals surface area contributed by atoms with Gasteiger partial charge in [0.2, 0.25) is 0 Å². The fraction of sp³-hybridized carbons (Fsp3) is 0.882. The molecule has 0 saturated heterocycles. The van der Waals surface area contributed by atoms with Crippen LogP contribution < -0.4 is 0 Å². The van der Waals surface area contributed by atoms with Gasteiger partial charge >= 0.3 is 17.9 Å². The van der Waals surface area contributed by atoms with Crippen LogP contribution in [0.1, 0.15) is 412 Å². The number of carbonyl (C=O) groups is 3. The van der Waals surface area contributed by atoms with E-state index in [0.717, 1.165) is 70.6 Å². The summed E-state index contributed by atoms with van der Waals surface area (Å²) in [4.78, 5) is 38.4. The van der Waals surface area contributed by atoms with E-state index in [1.54, 1.807) is 0 Å². The third-order valence-electron chi connectivity index (χ3n) is 16.9. The minimum Gasteiger partial charge on any atom is -0.462 e. The first-order valence-electron chi connectivity index (χ1n) is 37.0. The van der Waals surface area contributed by atoms with Crippen molar-refractivity contribution < 1.29 is 28.6 Å². The Morgan fingerprint density at radius 1 is 0.244 bits per heavy atom. The van der Waals surface area contributed by atoms with Crippen molar-refractivity contribution in [3.63, 3.8) is 0 Å². The summed E-state index contributed by atoms with van der Waals surface area (Å²) in [7, 11) is 0. The molecule has 6 heteroatoms. The first-order valence-corrected chi connectivity index (χ1v) is 37.0. The van der Waals surface area contributed by atoms with Crippen molar-refractivity contribution in [2.45, 2.75) is 419 Å². The molecule has 0 fully saturated rings. The maximum absolute atomic E-state index is 13.0. The Bertz CT molecular complexity index is 1370. The number of esters is 3. The van der Waals surface area contributed by atoms with E-state index in [2.05, 4.69) is 57.2 Å². The van der Waals surface area contributed by atoms with Crippen LogP contribution in [0.5, 0.6) is 0 Å². The van der Waals surface area contributed by atoms with E-state index < -0.39 is 6.10 Å². The summed E-state index contributed by atoms with van der Waals surface area (Å²) in [5, 5.41) is 0. The Balaban J connectivity index is 4.16. The number of carbonyl (C=O) groups excluding carboxylic acids is 3. The Morgan fingerprint density at radius 3 is 0.707 bits per heavy atom. The summed E-state index contributed by atoms with van der Waals surface area (Å²) < 4.78 is 17.0. The van der Waals surface area contributed by atoms with E-state index in [4.69, 9.17) is 14.2 Å². The van der Waals surface area contributed by atoms with Crippen LogP contribution in [0.15, 0.2) is 36.5 Å². The van der Waals surface area contributed by atoms with Gasteiger partial charge in [0.05, 0.1) is 0 Å². The number of hydrogen-bond acceptors (Lipinski definition) is 6. The van der Waals surface area contributed by atoms with Gasteiger partial charge in [-0.15, -0.1) is 0 Å². The van der Waals surface area contributed by atoms with Gasteiger partial charge in [-0.25, -0.2) is 0 Å². The Labute approximate surface area is 512 Å². The zero-order valence-corrected chi connectivity index (χ0v) is 55.5. The molecule has 0 heterocycles. The lowest BCUT2D eigenvalue weighted by molar-refractivity contribution is -0.167. The molecule has 0 aliphatic heterocycles. The highest BCUT2D eigenvalue weighted by Crippen LogP contribution is 2.19. The van der Waals surface area contributed by atoms with Gasteiger partial charge in [-0.1, -0.05) is 353 Å². The van der Waals surface area contributed by atoms with Gasteiger partial charge in [-0.05, 0) is 77.0 Å². The average Bonchev–Trinajstić information content (AvgIpc) is 3.47. The Hall–Kier alpha value is -2.37. The van der Waals surface area contributed by atoms with E-state index in [1.165, 1.54) is 302 Å². The molecule has 0 radical (unpaired) electrons. The minimum absolute atomic E-state index is 0.0688. The molecule has 0 saturated carbocycles. The van der Waals surface area contributed by atoms with Gasteiger partial charge in [0.1, 0.15) is 13.2 Å². The molecule has 1 atom stereocenters. The van der Waals surface area contributed by atoms with Gasteiger partial charge in [0, 0.05) is 19.3 Å². The van der Waals surface area contributed by atoms with Crippen molar-refractivity contribution in [1.82, 2.24) is 0 Å². The molecular weight excluding hydrogens is 1010 g/mol. The van der Waals surface area contributed by atoms with E-state index in [1.807, 2.05) is 0 Å². The Morgan fingerprint density at radius 2 is 0.439 bits per heavy atom.